The summed E-state index contributed by atoms with van der Waals surface area (Å²) in [5.41, 5.74) is 2.65. The molecule has 0 spiro atoms. The van der Waals surface area contributed by atoms with E-state index in [1.54, 1.807) is 0 Å². The SMILES string of the molecule is N#Cc1c(-c2ccccc2)cc2ccccc2c1C#N. The van der Waals surface area contributed by atoms with Gasteiger partial charge in [0.15, 0.2) is 0 Å². The van der Waals surface area contributed by atoms with Gasteiger partial charge in [-0.05, 0) is 17.0 Å². The molecule has 0 atom stereocenters. The van der Waals surface area contributed by atoms with Gasteiger partial charge in [-0.15, -0.1) is 0 Å². The van der Waals surface area contributed by atoms with Gasteiger partial charge in [-0.25, -0.2) is 0 Å². The first-order valence-electron chi connectivity index (χ1n) is 6.26. The quantitative estimate of drug-likeness (QED) is 0.651. The van der Waals surface area contributed by atoms with Crippen LogP contribution in [-0.4, -0.2) is 0 Å². The Morgan fingerprint density at radius 3 is 2.05 bits per heavy atom. The molecule has 2 heteroatoms. The Morgan fingerprint density at radius 1 is 0.700 bits per heavy atom. The second-order valence-corrected chi connectivity index (χ2v) is 4.48. The zero-order valence-electron chi connectivity index (χ0n) is 10.7. The number of fused-ring (bicyclic) bond motifs is 1. The molecule has 0 unspecified atom stereocenters. The lowest BCUT2D eigenvalue weighted by Gasteiger charge is -2.09. The predicted octanol–water partition coefficient (Wildman–Crippen LogP) is 4.25. The van der Waals surface area contributed by atoms with Crippen molar-refractivity contribution in [1.29, 1.82) is 10.5 Å². The molecule has 0 aliphatic carbocycles. The molecule has 0 heterocycles. The van der Waals surface area contributed by atoms with E-state index < -0.39 is 0 Å². The summed E-state index contributed by atoms with van der Waals surface area (Å²) in [6, 6.07) is 23.7. The lowest BCUT2D eigenvalue weighted by atomic mass is 9.91. The van der Waals surface area contributed by atoms with E-state index in [1.807, 2.05) is 60.7 Å². The first-order valence-corrected chi connectivity index (χ1v) is 6.26. The summed E-state index contributed by atoms with van der Waals surface area (Å²) in [5.74, 6) is 0. The van der Waals surface area contributed by atoms with Gasteiger partial charge in [0.2, 0.25) is 0 Å². The van der Waals surface area contributed by atoms with Crippen molar-refractivity contribution in [3.05, 3.63) is 71.8 Å². The molecule has 0 fully saturated rings. The van der Waals surface area contributed by atoms with E-state index in [-0.39, 0.29) is 0 Å². The maximum atomic E-state index is 9.45. The normalized spacial score (nSPS) is 9.90. The summed E-state index contributed by atoms with van der Waals surface area (Å²) in [4.78, 5) is 0. The molecule has 0 bridgehead atoms. The molecule has 0 aliphatic rings. The van der Waals surface area contributed by atoms with Crippen molar-refractivity contribution >= 4 is 10.8 Å². The Labute approximate surface area is 117 Å². The average Bonchev–Trinajstić information content (AvgIpc) is 2.53. The smallest absolute Gasteiger partial charge is 0.101 e. The lowest BCUT2D eigenvalue weighted by Crippen LogP contribution is -1.92. The van der Waals surface area contributed by atoms with Crippen molar-refractivity contribution in [2.45, 2.75) is 0 Å². The molecule has 0 aromatic heterocycles. The molecular formula is C18H10N2. The van der Waals surface area contributed by atoms with Crippen molar-refractivity contribution in [3.63, 3.8) is 0 Å². The minimum Gasteiger partial charge on any atom is -0.192 e. The van der Waals surface area contributed by atoms with Crippen LogP contribution < -0.4 is 0 Å². The van der Waals surface area contributed by atoms with Gasteiger partial charge in [-0.3, -0.25) is 0 Å². The molecule has 3 aromatic carbocycles. The van der Waals surface area contributed by atoms with E-state index in [0.29, 0.717) is 11.1 Å². The highest BCUT2D eigenvalue weighted by atomic mass is 14.3. The van der Waals surface area contributed by atoms with Crippen molar-refractivity contribution < 1.29 is 0 Å². The van der Waals surface area contributed by atoms with Crippen LogP contribution in [-0.2, 0) is 0 Å². The number of hydrogen-bond donors (Lipinski definition) is 0. The first-order chi connectivity index (χ1) is 9.85. The third-order valence-electron chi connectivity index (χ3n) is 3.36. The van der Waals surface area contributed by atoms with Gasteiger partial charge in [0.05, 0.1) is 11.1 Å². The van der Waals surface area contributed by atoms with Crippen LogP contribution in [0, 0.1) is 22.7 Å². The Morgan fingerprint density at radius 2 is 1.35 bits per heavy atom. The van der Waals surface area contributed by atoms with Gasteiger partial charge in [-0.2, -0.15) is 10.5 Å². The maximum absolute atomic E-state index is 9.45. The zero-order valence-corrected chi connectivity index (χ0v) is 10.7. The summed E-state index contributed by atoms with van der Waals surface area (Å²) in [7, 11) is 0. The second kappa shape index (κ2) is 4.88. The molecule has 0 radical (unpaired) electrons. The molecule has 0 amide bonds. The fourth-order valence-electron chi connectivity index (χ4n) is 2.43. The molecule has 92 valence electrons. The molecule has 3 aromatic rings. The highest BCUT2D eigenvalue weighted by Crippen LogP contribution is 2.31. The fraction of sp³-hybridized carbons (Fsp3) is 0. The van der Waals surface area contributed by atoms with Crippen LogP contribution in [0.15, 0.2) is 60.7 Å². The standard InChI is InChI=1S/C18H10N2/c19-11-17-15-9-5-4-8-14(15)10-16(18(17)12-20)13-6-2-1-3-7-13/h1-10H. The number of benzene rings is 3. The highest BCUT2D eigenvalue weighted by Gasteiger charge is 2.13. The van der Waals surface area contributed by atoms with E-state index in [2.05, 4.69) is 12.1 Å². The predicted molar refractivity (Wildman–Crippen MR) is 78.8 cm³/mol. The van der Waals surface area contributed by atoms with Gasteiger partial charge in [0.1, 0.15) is 12.1 Å². The number of nitriles is 2. The van der Waals surface area contributed by atoms with Gasteiger partial charge >= 0.3 is 0 Å². The number of hydrogen-bond acceptors (Lipinski definition) is 2. The van der Waals surface area contributed by atoms with E-state index in [9.17, 15) is 10.5 Å². The molecule has 0 saturated heterocycles. The highest BCUT2D eigenvalue weighted by molar-refractivity contribution is 5.95. The molecule has 0 saturated carbocycles. The van der Waals surface area contributed by atoms with Crippen LogP contribution in [0.1, 0.15) is 11.1 Å². The second-order valence-electron chi connectivity index (χ2n) is 4.48. The third-order valence-corrected chi connectivity index (χ3v) is 3.36. The largest absolute Gasteiger partial charge is 0.192 e. The third kappa shape index (κ3) is 1.81. The van der Waals surface area contributed by atoms with Crippen molar-refractivity contribution in [2.75, 3.05) is 0 Å². The van der Waals surface area contributed by atoms with Crippen LogP contribution in [0.2, 0.25) is 0 Å². The Balaban J connectivity index is 2.45. The van der Waals surface area contributed by atoms with Crippen molar-refractivity contribution in [2.24, 2.45) is 0 Å². The molecular weight excluding hydrogens is 244 g/mol. The van der Waals surface area contributed by atoms with Crippen LogP contribution in [0.25, 0.3) is 21.9 Å². The van der Waals surface area contributed by atoms with Crippen molar-refractivity contribution in [1.82, 2.24) is 0 Å². The lowest BCUT2D eigenvalue weighted by molar-refractivity contribution is 1.45. The summed E-state index contributed by atoms with van der Waals surface area (Å²) in [6.07, 6.45) is 0. The Kier molecular flexibility index (Phi) is 2.92. The van der Waals surface area contributed by atoms with Crippen LogP contribution in [0.3, 0.4) is 0 Å². The molecule has 2 nitrogen and oxygen atoms in total. The van der Waals surface area contributed by atoms with Gasteiger partial charge < -0.3 is 0 Å². The topological polar surface area (TPSA) is 47.6 Å². The van der Waals surface area contributed by atoms with Crippen molar-refractivity contribution in [3.8, 4) is 23.3 Å². The van der Waals surface area contributed by atoms with Crippen LogP contribution >= 0.6 is 0 Å². The van der Waals surface area contributed by atoms with Gasteiger partial charge in [-0.1, -0.05) is 54.6 Å². The van der Waals surface area contributed by atoms with Crippen LogP contribution in [0.5, 0.6) is 0 Å². The number of nitrogens with zero attached hydrogens (tertiary/aromatic N) is 2. The monoisotopic (exact) mass is 254 g/mol. The molecule has 3 rings (SSSR count). The van der Waals surface area contributed by atoms with E-state index in [1.165, 1.54) is 0 Å². The summed E-state index contributed by atoms with van der Waals surface area (Å²) in [5, 5.41) is 20.7. The minimum absolute atomic E-state index is 0.442. The van der Waals surface area contributed by atoms with E-state index >= 15 is 0 Å². The first kappa shape index (κ1) is 12.0. The summed E-state index contributed by atoms with van der Waals surface area (Å²) in [6.45, 7) is 0. The summed E-state index contributed by atoms with van der Waals surface area (Å²) < 4.78 is 0. The number of rotatable bonds is 1. The zero-order chi connectivity index (χ0) is 13.9. The Hall–Kier alpha value is -3.10. The average molecular weight is 254 g/mol. The maximum Gasteiger partial charge on any atom is 0.101 e. The van der Waals surface area contributed by atoms with Gasteiger partial charge in [0, 0.05) is 10.9 Å². The fourth-order valence-corrected chi connectivity index (χ4v) is 2.43. The van der Waals surface area contributed by atoms with E-state index in [4.69, 9.17) is 0 Å². The molecule has 0 N–H and O–H groups in total. The summed E-state index contributed by atoms with van der Waals surface area (Å²) >= 11 is 0. The molecule has 20 heavy (non-hydrogen) atoms. The van der Waals surface area contributed by atoms with Crippen LogP contribution in [0.4, 0.5) is 0 Å². The minimum atomic E-state index is 0.442. The Bertz CT molecular complexity index is 866. The molecule has 0 aliphatic heterocycles. The van der Waals surface area contributed by atoms with E-state index in [0.717, 1.165) is 21.9 Å². The van der Waals surface area contributed by atoms with Gasteiger partial charge in [0.25, 0.3) is 0 Å².